The Balaban J connectivity index is 1.61. The summed E-state index contributed by atoms with van der Waals surface area (Å²) in [6.45, 7) is 1.73. The summed E-state index contributed by atoms with van der Waals surface area (Å²) in [4.78, 5) is 15.8. The van der Waals surface area contributed by atoms with E-state index >= 15 is 0 Å². The number of aliphatic hydroxyl groups is 1. The number of aliphatic hydroxyl groups excluding tert-OH is 1. The maximum atomic E-state index is 9.19. The van der Waals surface area contributed by atoms with Crippen molar-refractivity contribution in [3.63, 3.8) is 0 Å². The number of morpholine rings is 1. The Kier molecular flexibility index (Phi) is 4.40. The molecule has 8 nitrogen and oxygen atoms in total. The van der Waals surface area contributed by atoms with Gasteiger partial charge in [0.05, 0.1) is 13.2 Å². The van der Waals surface area contributed by atoms with E-state index in [4.69, 9.17) is 9.72 Å². The molecule has 24 heavy (non-hydrogen) atoms. The minimum absolute atomic E-state index is 0.110. The smallest absolute Gasteiger partial charge is 0.175 e. The number of nitrogens with zero attached hydrogens (tertiary/aromatic N) is 5. The second-order valence-corrected chi connectivity index (χ2v) is 6.34. The number of hydrogen-bond acceptors (Lipinski definition) is 7. The molecule has 4 rings (SSSR count). The van der Waals surface area contributed by atoms with Gasteiger partial charge in [0.25, 0.3) is 0 Å². The lowest BCUT2D eigenvalue weighted by atomic mass is 10.1. The maximum Gasteiger partial charge on any atom is 0.175 e. The molecule has 2 fully saturated rings. The van der Waals surface area contributed by atoms with Crippen LogP contribution in [-0.2, 0) is 11.3 Å². The molecule has 1 saturated heterocycles. The number of nitrogens with one attached hydrogen (secondary N) is 1. The molecular formula is C16H22N6O2. The van der Waals surface area contributed by atoms with Crippen LogP contribution in [0.4, 0.5) is 5.82 Å². The van der Waals surface area contributed by atoms with E-state index in [2.05, 4.69) is 25.1 Å². The molecule has 8 heteroatoms. The molecule has 1 aliphatic heterocycles. The Morgan fingerprint density at radius 3 is 2.92 bits per heavy atom. The van der Waals surface area contributed by atoms with Crippen molar-refractivity contribution in [1.82, 2.24) is 25.1 Å². The summed E-state index contributed by atoms with van der Waals surface area (Å²) >= 11 is 0. The van der Waals surface area contributed by atoms with Crippen LogP contribution >= 0.6 is 0 Å². The van der Waals surface area contributed by atoms with Crippen molar-refractivity contribution < 1.29 is 9.84 Å². The van der Waals surface area contributed by atoms with Crippen molar-refractivity contribution in [3.8, 4) is 0 Å². The van der Waals surface area contributed by atoms with Crippen molar-refractivity contribution in [2.45, 2.75) is 44.2 Å². The number of H-pyrrole nitrogens is 1. The van der Waals surface area contributed by atoms with E-state index in [0.29, 0.717) is 30.8 Å². The minimum Gasteiger partial charge on any atom is -0.388 e. The van der Waals surface area contributed by atoms with Crippen LogP contribution < -0.4 is 4.90 Å². The lowest BCUT2D eigenvalue weighted by Gasteiger charge is -2.35. The van der Waals surface area contributed by atoms with Gasteiger partial charge < -0.3 is 14.7 Å². The van der Waals surface area contributed by atoms with E-state index in [-0.39, 0.29) is 12.6 Å². The fourth-order valence-corrected chi connectivity index (χ4v) is 3.53. The van der Waals surface area contributed by atoms with Crippen LogP contribution in [0.3, 0.4) is 0 Å². The zero-order valence-electron chi connectivity index (χ0n) is 13.6. The van der Waals surface area contributed by atoms with Gasteiger partial charge in [-0.25, -0.2) is 15.0 Å². The highest BCUT2D eigenvalue weighted by Gasteiger charge is 2.30. The van der Waals surface area contributed by atoms with Gasteiger partial charge in [-0.1, -0.05) is 12.8 Å². The molecular weight excluding hydrogens is 308 g/mol. The van der Waals surface area contributed by atoms with Crippen LogP contribution in [0.5, 0.6) is 0 Å². The van der Waals surface area contributed by atoms with Gasteiger partial charge in [0.2, 0.25) is 0 Å². The number of anilines is 1. The fourth-order valence-electron chi connectivity index (χ4n) is 3.53. The fraction of sp³-hybridized carbons (Fsp3) is 0.625. The molecule has 128 valence electrons. The zero-order chi connectivity index (χ0) is 16.4. The van der Waals surface area contributed by atoms with E-state index in [1.165, 1.54) is 25.7 Å². The van der Waals surface area contributed by atoms with E-state index in [1.54, 1.807) is 0 Å². The minimum atomic E-state index is -0.153. The highest BCUT2D eigenvalue weighted by atomic mass is 16.5. The van der Waals surface area contributed by atoms with Crippen molar-refractivity contribution in [3.05, 3.63) is 29.7 Å². The summed E-state index contributed by atoms with van der Waals surface area (Å²) in [5, 5.41) is 16.2. The van der Waals surface area contributed by atoms with E-state index < -0.39 is 0 Å². The Hall–Kier alpha value is -2.06. The van der Waals surface area contributed by atoms with Gasteiger partial charge in [0, 0.05) is 18.7 Å². The first-order chi connectivity index (χ1) is 11.8. The molecule has 2 aromatic rings. The molecule has 1 aliphatic carbocycles. The zero-order valence-corrected chi connectivity index (χ0v) is 13.6. The molecule has 1 unspecified atom stereocenters. The van der Waals surface area contributed by atoms with Crippen LogP contribution in [0.15, 0.2) is 12.3 Å². The number of rotatable bonds is 4. The van der Waals surface area contributed by atoms with Gasteiger partial charge in [0.1, 0.15) is 30.1 Å². The predicted octanol–water partition coefficient (Wildman–Crippen LogP) is 1.32. The number of hydrogen-bond donors (Lipinski definition) is 2. The van der Waals surface area contributed by atoms with Gasteiger partial charge in [-0.2, -0.15) is 5.10 Å². The number of ether oxygens (including phenoxy) is 1. The van der Waals surface area contributed by atoms with Crippen LogP contribution in [0.25, 0.3) is 0 Å². The summed E-state index contributed by atoms with van der Waals surface area (Å²) in [6.07, 6.45) is 6.73. The second kappa shape index (κ2) is 6.82. The SMILES string of the molecule is OCc1nc(C2COCCN2c2ccnc(C3CCCC3)n2)n[nH]1. The topological polar surface area (TPSA) is 100 Å². The maximum absolute atomic E-state index is 9.19. The first-order valence-electron chi connectivity index (χ1n) is 8.54. The standard InChI is InChI=1S/C16H22N6O2/c23-9-13-18-16(21-20-13)12-10-24-8-7-22(12)14-5-6-17-15(19-14)11-3-1-2-4-11/h5-6,11-12,23H,1-4,7-10H2,(H,18,20,21). The van der Waals surface area contributed by atoms with Gasteiger partial charge in [-0.3, -0.25) is 5.10 Å². The molecule has 0 radical (unpaired) electrons. The number of aromatic nitrogens is 5. The molecule has 2 aromatic heterocycles. The highest BCUT2D eigenvalue weighted by Crippen LogP contribution is 2.33. The van der Waals surface area contributed by atoms with Crippen molar-refractivity contribution in [2.75, 3.05) is 24.7 Å². The summed E-state index contributed by atoms with van der Waals surface area (Å²) in [6, 6.07) is 1.83. The first-order valence-corrected chi connectivity index (χ1v) is 8.54. The van der Waals surface area contributed by atoms with Crippen molar-refractivity contribution in [1.29, 1.82) is 0 Å². The largest absolute Gasteiger partial charge is 0.388 e. The van der Waals surface area contributed by atoms with Crippen LogP contribution in [-0.4, -0.2) is 50.0 Å². The third kappa shape index (κ3) is 2.99. The molecule has 0 aromatic carbocycles. The summed E-state index contributed by atoms with van der Waals surface area (Å²) in [7, 11) is 0. The Labute approximate surface area is 140 Å². The first kappa shape index (κ1) is 15.5. The van der Waals surface area contributed by atoms with Crippen LogP contribution in [0, 0.1) is 0 Å². The molecule has 2 N–H and O–H groups in total. The predicted molar refractivity (Wildman–Crippen MR) is 86.5 cm³/mol. The average molecular weight is 330 g/mol. The molecule has 0 spiro atoms. The molecule has 0 bridgehead atoms. The summed E-state index contributed by atoms with van der Waals surface area (Å²) in [5.41, 5.74) is 0. The highest BCUT2D eigenvalue weighted by molar-refractivity contribution is 5.41. The monoisotopic (exact) mass is 330 g/mol. The summed E-state index contributed by atoms with van der Waals surface area (Å²) < 4.78 is 5.62. The van der Waals surface area contributed by atoms with E-state index in [1.807, 2.05) is 12.3 Å². The van der Waals surface area contributed by atoms with Crippen LogP contribution in [0.1, 0.15) is 55.1 Å². The summed E-state index contributed by atoms with van der Waals surface area (Å²) in [5.74, 6) is 3.41. The molecule has 1 atom stereocenters. The molecule has 0 amide bonds. The van der Waals surface area contributed by atoms with Gasteiger partial charge in [0.15, 0.2) is 5.82 Å². The second-order valence-electron chi connectivity index (χ2n) is 6.34. The Morgan fingerprint density at radius 2 is 2.12 bits per heavy atom. The Bertz CT molecular complexity index is 685. The third-order valence-corrected chi connectivity index (χ3v) is 4.80. The van der Waals surface area contributed by atoms with Gasteiger partial charge >= 0.3 is 0 Å². The quantitative estimate of drug-likeness (QED) is 0.872. The van der Waals surface area contributed by atoms with E-state index in [0.717, 1.165) is 18.2 Å². The van der Waals surface area contributed by atoms with E-state index in [9.17, 15) is 5.11 Å². The molecule has 2 aliphatic rings. The van der Waals surface area contributed by atoms with Gasteiger partial charge in [-0.15, -0.1) is 0 Å². The van der Waals surface area contributed by atoms with Crippen molar-refractivity contribution in [2.24, 2.45) is 0 Å². The average Bonchev–Trinajstić information content (AvgIpc) is 3.33. The normalized spacial score (nSPS) is 22.2. The Morgan fingerprint density at radius 1 is 1.25 bits per heavy atom. The molecule has 3 heterocycles. The number of aromatic amines is 1. The van der Waals surface area contributed by atoms with Gasteiger partial charge in [-0.05, 0) is 18.9 Å². The molecule has 1 saturated carbocycles. The lowest BCUT2D eigenvalue weighted by molar-refractivity contribution is 0.0913. The lowest BCUT2D eigenvalue weighted by Crippen LogP contribution is -2.40. The van der Waals surface area contributed by atoms with Crippen LogP contribution in [0.2, 0.25) is 0 Å². The third-order valence-electron chi connectivity index (χ3n) is 4.80. The van der Waals surface area contributed by atoms with Crippen molar-refractivity contribution >= 4 is 5.82 Å².